The number of amides is 1. The molecule has 1 aromatic carbocycles. The standard InChI is InChI=1S/C22H27ClN4O3S/c1-30-21(29)15-10-12-26(13-11-15)19(28)14-31-22-25-24-20(17-8-4-5-9-18(17)23)27(22)16-6-2-3-7-16/h4-5,8-9,15-16H,2-3,6-7,10-14H2,1H3. The molecule has 9 heteroatoms. The molecular weight excluding hydrogens is 436 g/mol. The van der Waals surface area contributed by atoms with Gasteiger partial charge in [0.2, 0.25) is 5.91 Å². The van der Waals surface area contributed by atoms with E-state index in [1.165, 1.54) is 31.7 Å². The minimum atomic E-state index is -0.182. The van der Waals surface area contributed by atoms with Crippen molar-refractivity contribution in [3.8, 4) is 11.4 Å². The Hall–Kier alpha value is -2.06. The van der Waals surface area contributed by atoms with Crippen molar-refractivity contribution in [2.24, 2.45) is 5.92 Å². The second-order valence-corrected chi connectivity index (χ2v) is 9.41. The van der Waals surface area contributed by atoms with Gasteiger partial charge in [-0.1, -0.05) is 48.3 Å². The van der Waals surface area contributed by atoms with E-state index in [-0.39, 0.29) is 17.8 Å². The predicted octanol–water partition coefficient (Wildman–Crippen LogP) is 4.22. The first-order valence-corrected chi connectivity index (χ1v) is 12.1. The highest BCUT2D eigenvalue weighted by atomic mass is 35.5. The highest BCUT2D eigenvalue weighted by Gasteiger charge is 2.29. The number of methoxy groups -OCH3 is 1. The van der Waals surface area contributed by atoms with Crippen molar-refractivity contribution in [2.45, 2.75) is 49.7 Å². The minimum Gasteiger partial charge on any atom is -0.469 e. The van der Waals surface area contributed by atoms with Gasteiger partial charge in [0.05, 0.1) is 23.8 Å². The first-order valence-electron chi connectivity index (χ1n) is 10.8. The van der Waals surface area contributed by atoms with E-state index in [4.69, 9.17) is 16.3 Å². The lowest BCUT2D eigenvalue weighted by atomic mass is 9.97. The Bertz CT molecular complexity index is 937. The summed E-state index contributed by atoms with van der Waals surface area (Å²) in [5.74, 6) is 0.847. The summed E-state index contributed by atoms with van der Waals surface area (Å²) in [6, 6.07) is 8.00. The lowest BCUT2D eigenvalue weighted by Gasteiger charge is -2.30. The van der Waals surface area contributed by atoms with Gasteiger partial charge < -0.3 is 9.64 Å². The monoisotopic (exact) mass is 462 g/mol. The summed E-state index contributed by atoms with van der Waals surface area (Å²) in [7, 11) is 1.41. The molecule has 31 heavy (non-hydrogen) atoms. The van der Waals surface area contributed by atoms with E-state index >= 15 is 0 Å². The van der Waals surface area contributed by atoms with Crippen molar-refractivity contribution >= 4 is 35.2 Å². The number of ether oxygens (including phenoxy) is 1. The van der Waals surface area contributed by atoms with E-state index in [0.29, 0.717) is 42.7 Å². The first kappa shape index (κ1) is 22.1. The Balaban J connectivity index is 1.46. The van der Waals surface area contributed by atoms with Gasteiger partial charge in [-0.3, -0.25) is 14.2 Å². The smallest absolute Gasteiger partial charge is 0.308 e. The first-order chi connectivity index (χ1) is 15.1. The molecule has 0 unspecified atom stereocenters. The van der Waals surface area contributed by atoms with Crippen LogP contribution in [0.2, 0.25) is 5.02 Å². The molecule has 166 valence electrons. The number of rotatable bonds is 6. The number of nitrogens with zero attached hydrogens (tertiary/aromatic N) is 4. The molecule has 7 nitrogen and oxygen atoms in total. The van der Waals surface area contributed by atoms with Crippen LogP contribution in [0.1, 0.15) is 44.6 Å². The van der Waals surface area contributed by atoms with Crippen LogP contribution in [0.4, 0.5) is 0 Å². The van der Waals surface area contributed by atoms with E-state index in [0.717, 1.165) is 29.4 Å². The number of esters is 1. The second kappa shape index (κ2) is 10.0. The molecule has 4 rings (SSSR count). The molecule has 1 aliphatic heterocycles. The van der Waals surface area contributed by atoms with Crippen molar-refractivity contribution in [3.63, 3.8) is 0 Å². The summed E-state index contributed by atoms with van der Waals surface area (Å²) in [6.45, 7) is 1.17. The van der Waals surface area contributed by atoms with Gasteiger partial charge in [-0.25, -0.2) is 0 Å². The molecule has 2 fully saturated rings. The quantitative estimate of drug-likeness (QED) is 0.472. The fraction of sp³-hybridized carbons (Fsp3) is 0.545. The Morgan fingerprint density at radius 1 is 1.13 bits per heavy atom. The Morgan fingerprint density at radius 3 is 2.52 bits per heavy atom. The van der Waals surface area contributed by atoms with Crippen molar-refractivity contribution < 1.29 is 14.3 Å². The third kappa shape index (κ3) is 4.90. The zero-order chi connectivity index (χ0) is 21.8. The summed E-state index contributed by atoms with van der Waals surface area (Å²) < 4.78 is 7.00. The third-order valence-electron chi connectivity index (χ3n) is 6.18. The Morgan fingerprint density at radius 2 is 1.84 bits per heavy atom. The molecule has 0 spiro atoms. The summed E-state index contributed by atoms with van der Waals surface area (Å²) in [4.78, 5) is 26.3. The number of piperidine rings is 1. The van der Waals surface area contributed by atoms with E-state index in [9.17, 15) is 9.59 Å². The summed E-state index contributed by atoms with van der Waals surface area (Å²) in [5, 5.41) is 10.3. The Labute approximate surface area is 191 Å². The van der Waals surface area contributed by atoms with Crippen LogP contribution in [-0.4, -0.2) is 57.5 Å². The maximum atomic E-state index is 12.8. The van der Waals surface area contributed by atoms with Crippen molar-refractivity contribution in [3.05, 3.63) is 29.3 Å². The van der Waals surface area contributed by atoms with Crippen LogP contribution >= 0.6 is 23.4 Å². The van der Waals surface area contributed by atoms with Gasteiger partial charge in [0.25, 0.3) is 0 Å². The Kier molecular flexibility index (Phi) is 7.17. The minimum absolute atomic E-state index is 0.0635. The topological polar surface area (TPSA) is 77.3 Å². The molecule has 1 aromatic heterocycles. The van der Waals surface area contributed by atoms with Crippen molar-refractivity contribution in [2.75, 3.05) is 26.0 Å². The molecule has 0 radical (unpaired) electrons. The number of carbonyl (C=O) groups excluding carboxylic acids is 2. The lowest BCUT2D eigenvalue weighted by Crippen LogP contribution is -2.41. The van der Waals surface area contributed by atoms with Crippen molar-refractivity contribution in [1.29, 1.82) is 0 Å². The molecule has 1 aliphatic carbocycles. The number of hydrogen-bond acceptors (Lipinski definition) is 6. The van der Waals surface area contributed by atoms with Gasteiger partial charge in [0, 0.05) is 24.7 Å². The van der Waals surface area contributed by atoms with Crippen LogP contribution in [0.15, 0.2) is 29.4 Å². The number of hydrogen-bond donors (Lipinski definition) is 0. The maximum Gasteiger partial charge on any atom is 0.308 e. The summed E-state index contributed by atoms with van der Waals surface area (Å²) >= 11 is 7.87. The van der Waals surface area contributed by atoms with E-state index in [1.807, 2.05) is 29.2 Å². The highest BCUT2D eigenvalue weighted by molar-refractivity contribution is 7.99. The van der Waals surface area contributed by atoms with Crippen molar-refractivity contribution in [1.82, 2.24) is 19.7 Å². The van der Waals surface area contributed by atoms with Gasteiger partial charge in [-0.05, 0) is 37.8 Å². The number of aromatic nitrogens is 3. The van der Waals surface area contributed by atoms with Crippen LogP contribution < -0.4 is 0 Å². The predicted molar refractivity (Wildman–Crippen MR) is 120 cm³/mol. The van der Waals surface area contributed by atoms with E-state index < -0.39 is 0 Å². The molecule has 1 saturated carbocycles. The number of halogens is 1. The molecule has 2 aliphatic rings. The molecule has 1 amide bonds. The highest BCUT2D eigenvalue weighted by Crippen LogP contribution is 2.38. The fourth-order valence-electron chi connectivity index (χ4n) is 4.44. The SMILES string of the molecule is COC(=O)C1CCN(C(=O)CSc2nnc(-c3ccccc3Cl)n2C2CCCC2)CC1. The van der Waals surface area contributed by atoms with Crippen LogP contribution in [0.3, 0.4) is 0 Å². The van der Waals surface area contributed by atoms with Gasteiger partial charge >= 0.3 is 5.97 Å². The zero-order valence-corrected chi connectivity index (χ0v) is 19.2. The zero-order valence-electron chi connectivity index (χ0n) is 17.6. The lowest BCUT2D eigenvalue weighted by molar-refractivity contribution is -0.148. The number of thioether (sulfide) groups is 1. The average Bonchev–Trinajstić information content (AvgIpc) is 3.47. The molecule has 2 aromatic rings. The maximum absolute atomic E-state index is 12.8. The van der Waals surface area contributed by atoms with Crippen LogP contribution in [0, 0.1) is 5.92 Å². The average molecular weight is 463 g/mol. The fourth-order valence-corrected chi connectivity index (χ4v) is 5.57. The van der Waals surface area contributed by atoms with Gasteiger partial charge in [-0.2, -0.15) is 0 Å². The summed E-state index contributed by atoms with van der Waals surface area (Å²) in [5.41, 5.74) is 0.867. The molecule has 2 heterocycles. The third-order valence-corrected chi connectivity index (χ3v) is 7.43. The number of likely N-dealkylation sites (tertiary alicyclic amines) is 1. The second-order valence-electron chi connectivity index (χ2n) is 8.06. The van der Waals surface area contributed by atoms with E-state index in [1.54, 1.807) is 0 Å². The van der Waals surface area contributed by atoms with Gasteiger partial charge in [0.1, 0.15) is 0 Å². The largest absolute Gasteiger partial charge is 0.469 e. The molecule has 0 atom stereocenters. The molecule has 0 N–H and O–H groups in total. The number of carbonyl (C=O) groups is 2. The van der Waals surface area contributed by atoms with Crippen LogP contribution in [0.25, 0.3) is 11.4 Å². The number of benzene rings is 1. The van der Waals surface area contributed by atoms with Crippen LogP contribution in [0.5, 0.6) is 0 Å². The van der Waals surface area contributed by atoms with Gasteiger partial charge in [0.15, 0.2) is 11.0 Å². The molecule has 1 saturated heterocycles. The molecular formula is C22H27ClN4O3S. The van der Waals surface area contributed by atoms with Gasteiger partial charge in [-0.15, -0.1) is 10.2 Å². The van der Waals surface area contributed by atoms with E-state index in [2.05, 4.69) is 14.8 Å². The summed E-state index contributed by atoms with van der Waals surface area (Å²) in [6.07, 6.45) is 5.83. The van der Waals surface area contributed by atoms with Crippen LogP contribution in [-0.2, 0) is 14.3 Å². The normalized spacial score (nSPS) is 17.8. The molecule has 0 bridgehead atoms.